The van der Waals surface area contributed by atoms with Crippen molar-refractivity contribution in [2.75, 3.05) is 13.2 Å². The molecule has 0 heterocycles. The predicted molar refractivity (Wildman–Crippen MR) is 256 cm³/mol. The Hall–Kier alpha value is -1.59. The standard InChI is InChI=1S/C54H104O6/c1-7-49(5)41-35-29-23-19-16-17-20-24-31-37-43-52(55)58-46-51(47-59-53(56)44-38-32-27-26-30-36-42-50(6)8-2)60-54(57)45-39-33-25-21-15-13-11-9-10-12-14-18-22-28-34-40-48(3)4/h48-51H,7-47H2,1-6H3/t49?,50?,51-/m0/s1. The molecule has 0 bridgehead atoms. The molecule has 0 aliphatic rings. The van der Waals surface area contributed by atoms with Crippen LogP contribution in [-0.4, -0.2) is 37.2 Å². The average molecular weight is 849 g/mol. The average Bonchev–Trinajstić information content (AvgIpc) is 3.23. The summed E-state index contributed by atoms with van der Waals surface area (Å²) in [7, 11) is 0. The first kappa shape index (κ1) is 58.4. The van der Waals surface area contributed by atoms with E-state index in [0.717, 1.165) is 75.5 Å². The van der Waals surface area contributed by atoms with Crippen LogP contribution in [0.3, 0.4) is 0 Å². The van der Waals surface area contributed by atoms with Crippen molar-refractivity contribution in [3.8, 4) is 0 Å². The number of carbonyl (C=O) groups excluding carboxylic acids is 3. The summed E-state index contributed by atoms with van der Waals surface area (Å²) in [5.41, 5.74) is 0. The van der Waals surface area contributed by atoms with Crippen LogP contribution in [0.15, 0.2) is 0 Å². The van der Waals surface area contributed by atoms with E-state index in [0.29, 0.717) is 19.3 Å². The van der Waals surface area contributed by atoms with Gasteiger partial charge in [0.1, 0.15) is 13.2 Å². The summed E-state index contributed by atoms with van der Waals surface area (Å²) >= 11 is 0. The number of hydrogen-bond donors (Lipinski definition) is 0. The zero-order valence-corrected chi connectivity index (χ0v) is 41.3. The van der Waals surface area contributed by atoms with Gasteiger partial charge in [-0.3, -0.25) is 14.4 Å². The van der Waals surface area contributed by atoms with Gasteiger partial charge < -0.3 is 14.2 Å². The van der Waals surface area contributed by atoms with E-state index in [1.807, 2.05) is 0 Å². The minimum atomic E-state index is -0.763. The molecule has 6 heteroatoms. The number of unbranched alkanes of at least 4 members (excludes halogenated alkanes) is 28. The van der Waals surface area contributed by atoms with E-state index < -0.39 is 6.10 Å². The molecule has 0 radical (unpaired) electrons. The molecule has 60 heavy (non-hydrogen) atoms. The van der Waals surface area contributed by atoms with Crippen molar-refractivity contribution < 1.29 is 28.6 Å². The van der Waals surface area contributed by atoms with Crippen molar-refractivity contribution >= 4 is 17.9 Å². The highest BCUT2D eigenvalue weighted by atomic mass is 16.6. The molecule has 0 aliphatic heterocycles. The van der Waals surface area contributed by atoms with Crippen LogP contribution in [0.25, 0.3) is 0 Å². The summed E-state index contributed by atoms with van der Waals surface area (Å²) in [6.07, 6.45) is 45.1. The maximum Gasteiger partial charge on any atom is 0.306 e. The monoisotopic (exact) mass is 849 g/mol. The third-order valence-corrected chi connectivity index (χ3v) is 12.9. The number of rotatable bonds is 47. The second-order valence-corrected chi connectivity index (χ2v) is 19.5. The van der Waals surface area contributed by atoms with Crippen LogP contribution >= 0.6 is 0 Å². The van der Waals surface area contributed by atoms with E-state index in [1.165, 1.54) is 173 Å². The number of hydrogen-bond acceptors (Lipinski definition) is 6. The fourth-order valence-corrected chi connectivity index (χ4v) is 8.05. The molecule has 0 aromatic rings. The van der Waals surface area contributed by atoms with Gasteiger partial charge in [-0.05, 0) is 37.0 Å². The molecule has 0 fully saturated rings. The first-order valence-corrected chi connectivity index (χ1v) is 26.7. The van der Waals surface area contributed by atoms with Crippen LogP contribution in [0.5, 0.6) is 0 Å². The van der Waals surface area contributed by atoms with E-state index in [9.17, 15) is 14.4 Å². The Balaban J connectivity index is 4.29. The highest BCUT2D eigenvalue weighted by molar-refractivity contribution is 5.71. The van der Waals surface area contributed by atoms with E-state index >= 15 is 0 Å². The number of carbonyl (C=O) groups is 3. The molecule has 0 saturated heterocycles. The van der Waals surface area contributed by atoms with E-state index in [1.54, 1.807) is 0 Å². The molecule has 0 N–H and O–H groups in total. The second-order valence-electron chi connectivity index (χ2n) is 19.5. The molecule has 0 rings (SSSR count). The van der Waals surface area contributed by atoms with Gasteiger partial charge in [0, 0.05) is 19.3 Å². The van der Waals surface area contributed by atoms with Crippen LogP contribution in [0.1, 0.15) is 292 Å². The molecular weight excluding hydrogens is 745 g/mol. The number of esters is 3. The van der Waals surface area contributed by atoms with Gasteiger partial charge in [-0.1, -0.05) is 253 Å². The minimum Gasteiger partial charge on any atom is -0.462 e. The Labute approximate surface area is 374 Å². The van der Waals surface area contributed by atoms with Gasteiger partial charge in [-0.15, -0.1) is 0 Å². The summed E-state index contributed by atoms with van der Waals surface area (Å²) in [5, 5.41) is 0. The molecule has 3 atom stereocenters. The first-order chi connectivity index (χ1) is 29.2. The lowest BCUT2D eigenvalue weighted by molar-refractivity contribution is -0.167. The Morgan fingerprint density at radius 1 is 0.333 bits per heavy atom. The van der Waals surface area contributed by atoms with Gasteiger partial charge in [0.05, 0.1) is 0 Å². The maximum atomic E-state index is 12.8. The first-order valence-electron chi connectivity index (χ1n) is 26.7. The highest BCUT2D eigenvalue weighted by Crippen LogP contribution is 2.18. The smallest absolute Gasteiger partial charge is 0.306 e. The Morgan fingerprint density at radius 2 is 0.583 bits per heavy atom. The molecule has 0 aromatic carbocycles. The highest BCUT2D eigenvalue weighted by Gasteiger charge is 2.19. The molecule has 6 nitrogen and oxygen atoms in total. The molecule has 0 aromatic heterocycles. The zero-order valence-electron chi connectivity index (χ0n) is 41.3. The van der Waals surface area contributed by atoms with E-state index in [2.05, 4.69) is 41.5 Å². The maximum absolute atomic E-state index is 12.8. The lowest BCUT2D eigenvalue weighted by atomic mass is 9.99. The van der Waals surface area contributed by atoms with E-state index in [-0.39, 0.29) is 31.1 Å². The lowest BCUT2D eigenvalue weighted by Crippen LogP contribution is -2.30. The van der Waals surface area contributed by atoms with Crippen molar-refractivity contribution in [2.24, 2.45) is 17.8 Å². The summed E-state index contributed by atoms with van der Waals surface area (Å²) < 4.78 is 16.8. The van der Waals surface area contributed by atoms with Gasteiger partial charge >= 0.3 is 17.9 Å². The molecule has 0 spiro atoms. The molecule has 0 amide bonds. The van der Waals surface area contributed by atoms with Gasteiger partial charge in [-0.25, -0.2) is 0 Å². The fourth-order valence-electron chi connectivity index (χ4n) is 8.05. The Kier molecular flexibility index (Phi) is 44.2. The van der Waals surface area contributed by atoms with Crippen molar-refractivity contribution in [3.63, 3.8) is 0 Å². The molecule has 2 unspecified atom stereocenters. The summed E-state index contributed by atoms with van der Waals surface area (Å²) in [4.78, 5) is 38.0. The minimum absolute atomic E-state index is 0.0652. The Bertz CT molecular complexity index is 933. The molecular formula is C54H104O6. The molecule has 356 valence electrons. The van der Waals surface area contributed by atoms with Gasteiger partial charge in [-0.2, -0.15) is 0 Å². The summed E-state index contributed by atoms with van der Waals surface area (Å²) in [6, 6.07) is 0. The second kappa shape index (κ2) is 45.4. The van der Waals surface area contributed by atoms with Crippen LogP contribution < -0.4 is 0 Å². The summed E-state index contributed by atoms with van der Waals surface area (Å²) in [6.45, 7) is 13.7. The molecule has 0 saturated carbocycles. The third kappa shape index (κ3) is 44.5. The van der Waals surface area contributed by atoms with Crippen LogP contribution in [0.4, 0.5) is 0 Å². The SMILES string of the molecule is CCC(C)CCCCCCCCCCCCC(=O)OC[C@@H](COC(=O)CCCCCCCCC(C)CC)OC(=O)CCCCCCCCCCCCCCCCCC(C)C. The van der Waals surface area contributed by atoms with Gasteiger partial charge in [0.15, 0.2) is 6.10 Å². The third-order valence-electron chi connectivity index (χ3n) is 12.9. The topological polar surface area (TPSA) is 78.9 Å². The largest absolute Gasteiger partial charge is 0.462 e. The summed E-state index contributed by atoms with van der Waals surface area (Å²) in [5.74, 6) is 1.68. The van der Waals surface area contributed by atoms with Crippen molar-refractivity contribution in [1.82, 2.24) is 0 Å². The van der Waals surface area contributed by atoms with Crippen LogP contribution in [-0.2, 0) is 28.6 Å². The van der Waals surface area contributed by atoms with Crippen molar-refractivity contribution in [3.05, 3.63) is 0 Å². The molecule has 0 aliphatic carbocycles. The number of ether oxygens (including phenoxy) is 3. The Morgan fingerprint density at radius 3 is 0.867 bits per heavy atom. The lowest BCUT2D eigenvalue weighted by Gasteiger charge is -2.18. The van der Waals surface area contributed by atoms with Crippen LogP contribution in [0, 0.1) is 17.8 Å². The van der Waals surface area contributed by atoms with Crippen LogP contribution in [0.2, 0.25) is 0 Å². The van der Waals surface area contributed by atoms with Gasteiger partial charge in [0.25, 0.3) is 0 Å². The van der Waals surface area contributed by atoms with Crippen molar-refractivity contribution in [1.29, 1.82) is 0 Å². The quantitative estimate of drug-likeness (QED) is 0.0345. The predicted octanol–water partition coefficient (Wildman–Crippen LogP) is 17.2. The normalized spacial score (nSPS) is 13.1. The van der Waals surface area contributed by atoms with Gasteiger partial charge in [0.2, 0.25) is 0 Å². The van der Waals surface area contributed by atoms with E-state index in [4.69, 9.17) is 14.2 Å². The fraction of sp³-hybridized carbons (Fsp3) is 0.944. The van der Waals surface area contributed by atoms with Crippen molar-refractivity contribution in [2.45, 2.75) is 298 Å². The zero-order chi connectivity index (χ0) is 44.2.